The largest absolute Gasteiger partial charge is 0.452 e. The third kappa shape index (κ3) is 6.42. The molecule has 1 aliphatic rings. The Kier molecular flexibility index (Phi) is 8.20. The molecule has 0 aliphatic carbocycles. The average molecular weight is 470 g/mol. The number of nitrogens with zero attached hydrogens (tertiary/aromatic N) is 2. The number of rotatable bonds is 9. The number of hydrogen-bond donors (Lipinski definition) is 1. The Balaban J connectivity index is 1.52. The summed E-state index contributed by atoms with van der Waals surface area (Å²) in [6, 6.07) is 15.7. The predicted molar refractivity (Wildman–Crippen MR) is 122 cm³/mol. The van der Waals surface area contributed by atoms with Crippen molar-refractivity contribution in [3.8, 4) is 0 Å². The van der Waals surface area contributed by atoms with E-state index < -0.39 is 18.5 Å². The van der Waals surface area contributed by atoms with Crippen molar-refractivity contribution < 1.29 is 28.7 Å². The average Bonchev–Trinajstić information content (AvgIpc) is 3.15. The minimum atomic E-state index is -0.802. The molecule has 0 unspecified atom stereocenters. The number of imide groups is 1. The molecule has 1 saturated heterocycles. The van der Waals surface area contributed by atoms with Gasteiger partial charge in [-0.3, -0.25) is 24.1 Å². The van der Waals surface area contributed by atoms with Crippen LogP contribution < -0.4 is 5.32 Å². The van der Waals surface area contributed by atoms with Gasteiger partial charge in [0.25, 0.3) is 17.1 Å². The second-order valence-corrected chi connectivity index (χ2v) is 8.15. The first-order valence-corrected chi connectivity index (χ1v) is 11.1. The van der Waals surface area contributed by atoms with E-state index in [1.165, 1.54) is 17.0 Å². The van der Waals surface area contributed by atoms with Gasteiger partial charge in [-0.2, -0.15) is 0 Å². The molecule has 172 valence electrons. The molecule has 10 heteroatoms. The second kappa shape index (κ2) is 11.3. The summed E-state index contributed by atoms with van der Waals surface area (Å²) in [5, 5.41) is 2.15. The van der Waals surface area contributed by atoms with Crippen LogP contribution in [-0.4, -0.2) is 71.2 Å². The first kappa shape index (κ1) is 24.0. The van der Waals surface area contributed by atoms with Crippen LogP contribution in [0.15, 0.2) is 54.6 Å². The zero-order chi connectivity index (χ0) is 23.8. The lowest BCUT2D eigenvalue weighted by Crippen LogP contribution is -2.38. The quantitative estimate of drug-likeness (QED) is 0.558. The maximum Gasteiger partial charge on any atom is 0.339 e. The summed E-state index contributed by atoms with van der Waals surface area (Å²) in [6.45, 7) is -0.0902. The molecule has 2 aromatic rings. The number of ether oxygens (including phenoxy) is 1. The van der Waals surface area contributed by atoms with Gasteiger partial charge in [0.15, 0.2) is 6.61 Å². The van der Waals surface area contributed by atoms with Crippen molar-refractivity contribution in [2.75, 3.05) is 32.5 Å². The molecule has 0 atom stereocenters. The first-order valence-electron chi connectivity index (χ1n) is 10.2. The molecule has 1 heterocycles. The third-order valence-electron chi connectivity index (χ3n) is 4.82. The number of amides is 4. The fourth-order valence-electron chi connectivity index (χ4n) is 3.15. The van der Waals surface area contributed by atoms with E-state index in [0.717, 1.165) is 22.2 Å². The van der Waals surface area contributed by atoms with Gasteiger partial charge < -0.3 is 15.0 Å². The molecule has 0 bridgehead atoms. The van der Waals surface area contributed by atoms with Gasteiger partial charge >= 0.3 is 5.97 Å². The molecule has 1 aliphatic heterocycles. The number of carbonyl (C=O) groups is 5. The van der Waals surface area contributed by atoms with Gasteiger partial charge in [-0.1, -0.05) is 54.2 Å². The lowest BCUT2D eigenvalue weighted by molar-refractivity contribution is -0.126. The number of carbonyl (C=O) groups excluding carboxylic acids is 5. The Hall–Kier alpha value is -3.66. The Labute approximate surface area is 195 Å². The fraction of sp³-hybridized carbons (Fsp3) is 0.261. The van der Waals surface area contributed by atoms with Crippen molar-refractivity contribution in [2.45, 2.75) is 6.54 Å². The standard InChI is InChI=1S/C23H23N3O6S/c1-25(13-16-7-3-2-4-8-16)21(29)17-9-5-6-10-18(17)22(30)32-14-19(27)24-11-12-26-20(28)15-33-23(26)31/h2-10H,11-15H2,1H3,(H,24,27). The number of esters is 1. The summed E-state index contributed by atoms with van der Waals surface area (Å²) in [6.07, 6.45) is 0. The van der Waals surface area contributed by atoms with Gasteiger partial charge in [0.1, 0.15) is 0 Å². The van der Waals surface area contributed by atoms with E-state index in [4.69, 9.17) is 4.74 Å². The highest BCUT2D eigenvalue weighted by molar-refractivity contribution is 8.14. The molecule has 4 amide bonds. The van der Waals surface area contributed by atoms with Crippen molar-refractivity contribution in [1.82, 2.24) is 15.1 Å². The van der Waals surface area contributed by atoms with E-state index in [1.54, 1.807) is 19.2 Å². The molecule has 33 heavy (non-hydrogen) atoms. The van der Waals surface area contributed by atoms with E-state index >= 15 is 0 Å². The van der Waals surface area contributed by atoms with E-state index in [0.29, 0.717) is 6.54 Å². The zero-order valence-electron chi connectivity index (χ0n) is 18.0. The Morgan fingerprint density at radius 1 is 1.03 bits per heavy atom. The lowest BCUT2D eigenvalue weighted by Gasteiger charge is -2.19. The molecule has 0 radical (unpaired) electrons. The minimum absolute atomic E-state index is 0.0494. The van der Waals surface area contributed by atoms with Crippen LogP contribution in [0.25, 0.3) is 0 Å². The molecule has 1 N–H and O–H groups in total. The number of thioether (sulfide) groups is 1. The summed E-state index contributed by atoms with van der Waals surface area (Å²) in [4.78, 5) is 63.1. The summed E-state index contributed by atoms with van der Waals surface area (Å²) < 4.78 is 5.07. The highest BCUT2D eigenvalue weighted by Gasteiger charge is 2.29. The molecular formula is C23H23N3O6S. The first-order chi connectivity index (χ1) is 15.9. The van der Waals surface area contributed by atoms with Crippen molar-refractivity contribution in [1.29, 1.82) is 0 Å². The van der Waals surface area contributed by atoms with Crippen LogP contribution in [0.3, 0.4) is 0 Å². The lowest BCUT2D eigenvalue weighted by atomic mass is 10.1. The van der Waals surface area contributed by atoms with Crippen LogP contribution in [0, 0.1) is 0 Å². The summed E-state index contributed by atoms with van der Waals surface area (Å²) in [5.41, 5.74) is 1.17. The van der Waals surface area contributed by atoms with E-state index in [9.17, 15) is 24.0 Å². The SMILES string of the molecule is CN(Cc1ccccc1)C(=O)c1ccccc1C(=O)OCC(=O)NCCN1C(=O)CSC1=O. The van der Waals surface area contributed by atoms with Crippen LogP contribution in [0.1, 0.15) is 26.3 Å². The predicted octanol–water partition coefficient (Wildman–Crippen LogP) is 1.93. The molecule has 0 spiro atoms. The Morgan fingerprint density at radius 2 is 1.70 bits per heavy atom. The molecule has 9 nitrogen and oxygen atoms in total. The van der Waals surface area contributed by atoms with Crippen LogP contribution >= 0.6 is 11.8 Å². The van der Waals surface area contributed by atoms with Gasteiger partial charge in [0.2, 0.25) is 5.91 Å². The van der Waals surface area contributed by atoms with Crippen molar-refractivity contribution in [2.24, 2.45) is 0 Å². The van der Waals surface area contributed by atoms with Crippen LogP contribution in [0.2, 0.25) is 0 Å². The highest BCUT2D eigenvalue weighted by atomic mass is 32.2. The summed E-state index contributed by atoms with van der Waals surface area (Å²) >= 11 is 0.914. The van der Waals surface area contributed by atoms with Crippen LogP contribution in [0.5, 0.6) is 0 Å². The normalized spacial score (nSPS) is 13.1. The molecule has 2 aromatic carbocycles. The van der Waals surface area contributed by atoms with Gasteiger partial charge in [-0.25, -0.2) is 4.79 Å². The maximum absolute atomic E-state index is 12.9. The van der Waals surface area contributed by atoms with Gasteiger partial charge in [-0.05, 0) is 17.7 Å². The van der Waals surface area contributed by atoms with E-state index in [1.807, 2.05) is 30.3 Å². The fourth-order valence-corrected chi connectivity index (χ4v) is 3.90. The molecule has 0 saturated carbocycles. The van der Waals surface area contributed by atoms with Gasteiger partial charge in [0, 0.05) is 26.7 Å². The third-order valence-corrected chi connectivity index (χ3v) is 5.68. The monoisotopic (exact) mass is 469 g/mol. The number of hydrogen-bond acceptors (Lipinski definition) is 7. The molecular weight excluding hydrogens is 446 g/mol. The van der Waals surface area contributed by atoms with Gasteiger partial charge in [-0.15, -0.1) is 0 Å². The van der Waals surface area contributed by atoms with E-state index in [2.05, 4.69) is 5.32 Å². The molecule has 0 aromatic heterocycles. The van der Waals surface area contributed by atoms with Crippen molar-refractivity contribution >= 4 is 40.7 Å². The van der Waals surface area contributed by atoms with E-state index in [-0.39, 0.29) is 47.0 Å². The minimum Gasteiger partial charge on any atom is -0.452 e. The second-order valence-electron chi connectivity index (χ2n) is 7.22. The van der Waals surface area contributed by atoms with Crippen molar-refractivity contribution in [3.05, 3.63) is 71.3 Å². The van der Waals surface area contributed by atoms with Crippen LogP contribution in [0.4, 0.5) is 4.79 Å². The maximum atomic E-state index is 12.9. The topological polar surface area (TPSA) is 113 Å². The smallest absolute Gasteiger partial charge is 0.339 e. The summed E-state index contributed by atoms with van der Waals surface area (Å²) in [5.74, 6) is -1.94. The van der Waals surface area contributed by atoms with Crippen LogP contribution in [-0.2, 0) is 20.9 Å². The highest BCUT2D eigenvalue weighted by Crippen LogP contribution is 2.18. The Morgan fingerprint density at radius 3 is 2.36 bits per heavy atom. The zero-order valence-corrected chi connectivity index (χ0v) is 18.8. The molecule has 1 fully saturated rings. The Bertz CT molecular complexity index is 1040. The number of nitrogens with one attached hydrogen (secondary N) is 1. The number of benzene rings is 2. The molecule has 3 rings (SSSR count). The van der Waals surface area contributed by atoms with Gasteiger partial charge in [0.05, 0.1) is 16.9 Å². The van der Waals surface area contributed by atoms with Crippen molar-refractivity contribution in [3.63, 3.8) is 0 Å². The summed E-state index contributed by atoms with van der Waals surface area (Å²) in [7, 11) is 1.64.